The Morgan fingerprint density at radius 1 is 0.917 bits per heavy atom. The van der Waals surface area contributed by atoms with E-state index in [2.05, 4.69) is 27.3 Å². The van der Waals surface area contributed by atoms with Gasteiger partial charge >= 0.3 is 0 Å². The Labute approximate surface area is 138 Å². The van der Waals surface area contributed by atoms with Crippen molar-refractivity contribution in [3.8, 4) is 22.9 Å². The molecule has 0 unspecified atom stereocenters. The fourth-order valence-corrected chi connectivity index (χ4v) is 2.57. The van der Waals surface area contributed by atoms with Gasteiger partial charge < -0.3 is 9.84 Å². The Bertz CT molecular complexity index is 972. The standard InChI is InChI=1S/C19H15N3O2/c23-15-10-8-14(9-11-15)19-20-18(21-22-19)12-24-17-7-3-5-13-4-1-2-6-16(13)17/h1-11,23H,12H2,(H,20,21,22). The first-order chi connectivity index (χ1) is 11.8. The second-order valence-electron chi connectivity index (χ2n) is 5.42. The fraction of sp³-hybridized carbons (Fsp3) is 0.0526. The van der Waals surface area contributed by atoms with Crippen molar-refractivity contribution in [2.75, 3.05) is 0 Å². The van der Waals surface area contributed by atoms with Crippen LogP contribution in [-0.2, 0) is 6.61 Å². The van der Waals surface area contributed by atoms with E-state index in [9.17, 15) is 5.11 Å². The highest BCUT2D eigenvalue weighted by Crippen LogP contribution is 2.26. The zero-order valence-corrected chi connectivity index (χ0v) is 12.8. The number of H-pyrrole nitrogens is 1. The number of benzene rings is 3. The van der Waals surface area contributed by atoms with Crippen molar-refractivity contribution in [3.05, 3.63) is 72.6 Å². The third-order valence-electron chi connectivity index (χ3n) is 3.77. The maximum absolute atomic E-state index is 9.34. The molecule has 1 heterocycles. The number of nitrogens with zero attached hydrogens (tertiary/aromatic N) is 2. The van der Waals surface area contributed by atoms with E-state index in [1.165, 1.54) is 0 Å². The summed E-state index contributed by atoms with van der Waals surface area (Å²) < 4.78 is 5.90. The second-order valence-corrected chi connectivity index (χ2v) is 5.42. The van der Waals surface area contributed by atoms with E-state index in [-0.39, 0.29) is 5.75 Å². The van der Waals surface area contributed by atoms with Gasteiger partial charge in [-0.1, -0.05) is 36.4 Å². The van der Waals surface area contributed by atoms with Crippen LogP contribution >= 0.6 is 0 Å². The molecule has 0 spiro atoms. The molecule has 118 valence electrons. The minimum atomic E-state index is 0.216. The van der Waals surface area contributed by atoms with E-state index in [1.54, 1.807) is 24.3 Å². The molecule has 0 radical (unpaired) electrons. The predicted octanol–water partition coefficient (Wildman–Crippen LogP) is 3.91. The predicted molar refractivity (Wildman–Crippen MR) is 91.8 cm³/mol. The molecule has 1 aromatic heterocycles. The summed E-state index contributed by atoms with van der Waals surface area (Å²) in [4.78, 5) is 4.43. The summed E-state index contributed by atoms with van der Waals surface area (Å²) in [6, 6.07) is 20.8. The third-order valence-corrected chi connectivity index (χ3v) is 3.77. The molecule has 0 atom stereocenters. The molecule has 0 aliphatic carbocycles. The van der Waals surface area contributed by atoms with Crippen molar-refractivity contribution in [1.82, 2.24) is 15.2 Å². The SMILES string of the molecule is Oc1ccc(-c2n[nH]c(COc3cccc4ccccc34)n2)cc1. The van der Waals surface area contributed by atoms with Crippen LogP contribution in [0, 0.1) is 0 Å². The van der Waals surface area contributed by atoms with Gasteiger partial charge in [-0.25, -0.2) is 4.98 Å². The topological polar surface area (TPSA) is 71.0 Å². The van der Waals surface area contributed by atoms with Gasteiger partial charge in [-0.05, 0) is 35.7 Å². The molecule has 4 rings (SSSR count). The third kappa shape index (κ3) is 2.79. The molecule has 0 amide bonds. The van der Waals surface area contributed by atoms with Crippen LogP contribution in [-0.4, -0.2) is 20.3 Å². The van der Waals surface area contributed by atoms with Gasteiger partial charge in [0, 0.05) is 10.9 Å². The Morgan fingerprint density at radius 2 is 1.71 bits per heavy atom. The summed E-state index contributed by atoms with van der Waals surface area (Å²) >= 11 is 0. The van der Waals surface area contributed by atoms with Crippen molar-refractivity contribution in [1.29, 1.82) is 0 Å². The monoisotopic (exact) mass is 317 g/mol. The first-order valence-electron chi connectivity index (χ1n) is 7.61. The van der Waals surface area contributed by atoms with Crippen LogP contribution in [0.1, 0.15) is 5.82 Å². The van der Waals surface area contributed by atoms with E-state index in [0.29, 0.717) is 18.3 Å². The number of phenolic OH excluding ortho intramolecular Hbond substituents is 1. The summed E-state index contributed by atoms with van der Waals surface area (Å²) in [5.74, 6) is 2.25. The molecular formula is C19H15N3O2. The average Bonchev–Trinajstić information content (AvgIpc) is 3.09. The van der Waals surface area contributed by atoms with Crippen molar-refractivity contribution < 1.29 is 9.84 Å². The van der Waals surface area contributed by atoms with Crippen LogP contribution in [0.4, 0.5) is 0 Å². The van der Waals surface area contributed by atoms with Gasteiger partial charge in [-0.3, -0.25) is 5.10 Å². The lowest BCUT2D eigenvalue weighted by Gasteiger charge is -2.07. The van der Waals surface area contributed by atoms with Crippen LogP contribution in [0.2, 0.25) is 0 Å². The van der Waals surface area contributed by atoms with Gasteiger partial charge in [0.25, 0.3) is 0 Å². The summed E-state index contributed by atoms with van der Waals surface area (Å²) in [6.07, 6.45) is 0. The Hall–Kier alpha value is -3.34. The molecule has 2 N–H and O–H groups in total. The maximum Gasteiger partial charge on any atom is 0.181 e. The van der Waals surface area contributed by atoms with Gasteiger partial charge in [-0.2, -0.15) is 5.10 Å². The molecule has 0 saturated heterocycles. The summed E-state index contributed by atoms with van der Waals surface area (Å²) in [5.41, 5.74) is 0.834. The Morgan fingerprint density at radius 3 is 2.58 bits per heavy atom. The molecule has 0 aliphatic heterocycles. The maximum atomic E-state index is 9.34. The lowest BCUT2D eigenvalue weighted by atomic mass is 10.1. The van der Waals surface area contributed by atoms with Crippen LogP contribution < -0.4 is 4.74 Å². The van der Waals surface area contributed by atoms with E-state index < -0.39 is 0 Å². The summed E-state index contributed by atoms with van der Waals surface area (Å²) in [5, 5.41) is 18.6. The van der Waals surface area contributed by atoms with E-state index >= 15 is 0 Å². The molecule has 0 saturated carbocycles. The molecule has 0 fully saturated rings. The smallest absolute Gasteiger partial charge is 0.181 e. The van der Waals surface area contributed by atoms with Crippen molar-refractivity contribution in [2.24, 2.45) is 0 Å². The lowest BCUT2D eigenvalue weighted by Crippen LogP contribution is -1.98. The molecule has 0 aliphatic rings. The number of phenols is 1. The normalized spacial score (nSPS) is 10.8. The van der Waals surface area contributed by atoms with E-state index in [4.69, 9.17) is 4.74 Å². The van der Waals surface area contributed by atoms with E-state index in [0.717, 1.165) is 22.1 Å². The largest absolute Gasteiger partial charge is 0.508 e. The molecule has 0 bridgehead atoms. The Kier molecular flexibility index (Phi) is 3.59. The quantitative estimate of drug-likeness (QED) is 0.598. The summed E-state index contributed by atoms with van der Waals surface area (Å²) in [6.45, 7) is 0.305. The second kappa shape index (κ2) is 6.04. The fourth-order valence-electron chi connectivity index (χ4n) is 2.57. The lowest BCUT2D eigenvalue weighted by molar-refractivity contribution is 0.300. The van der Waals surface area contributed by atoms with Gasteiger partial charge in [0.05, 0.1) is 0 Å². The minimum Gasteiger partial charge on any atom is -0.508 e. The van der Waals surface area contributed by atoms with Gasteiger partial charge in [0.15, 0.2) is 11.6 Å². The van der Waals surface area contributed by atoms with Gasteiger partial charge in [0.1, 0.15) is 18.1 Å². The molecule has 4 aromatic rings. The number of nitrogens with one attached hydrogen (secondary N) is 1. The zero-order chi connectivity index (χ0) is 16.4. The van der Waals surface area contributed by atoms with Crippen LogP contribution in [0.15, 0.2) is 66.7 Å². The molecule has 24 heavy (non-hydrogen) atoms. The first-order valence-corrected chi connectivity index (χ1v) is 7.61. The molecule has 5 nitrogen and oxygen atoms in total. The number of aromatic amines is 1. The molecule has 3 aromatic carbocycles. The number of hydrogen-bond acceptors (Lipinski definition) is 4. The number of aromatic hydroxyl groups is 1. The molecule has 5 heteroatoms. The Balaban J connectivity index is 1.53. The average molecular weight is 317 g/mol. The zero-order valence-electron chi connectivity index (χ0n) is 12.8. The number of fused-ring (bicyclic) bond motifs is 1. The number of hydrogen-bond donors (Lipinski definition) is 2. The minimum absolute atomic E-state index is 0.216. The highest BCUT2D eigenvalue weighted by Gasteiger charge is 2.08. The summed E-state index contributed by atoms with van der Waals surface area (Å²) in [7, 11) is 0. The van der Waals surface area contributed by atoms with Crippen molar-refractivity contribution in [3.63, 3.8) is 0 Å². The van der Waals surface area contributed by atoms with Crippen molar-refractivity contribution >= 4 is 10.8 Å². The first kappa shape index (κ1) is 14.3. The van der Waals surface area contributed by atoms with Crippen LogP contribution in [0.3, 0.4) is 0 Å². The number of aromatic nitrogens is 3. The number of rotatable bonds is 4. The van der Waals surface area contributed by atoms with Crippen LogP contribution in [0.25, 0.3) is 22.2 Å². The highest BCUT2D eigenvalue weighted by molar-refractivity contribution is 5.88. The van der Waals surface area contributed by atoms with Gasteiger partial charge in [0.2, 0.25) is 0 Å². The highest BCUT2D eigenvalue weighted by atomic mass is 16.5. The van der Waals surface area contributed by atoms with Gasteiger partial charge in [-0.15, -0.1) is 0 Å². The van der Waals surface area contributed by atoms with E-state index in [1.807, 2.05) is 30.3 Å². The number of ether oxygens (including phenoxy) is 1. The molecular weight excluding hydrogens is 302 g/mol. The van der Waals surface area contributed by atoms with Crippen LogP contribution in [0.5, 0.6) is 11.5 Å². The van der Waals surface area contributed by atoms with Crippen molar-refractivity contribution in [2.45, 2.75) is 6.61 Å².